The Morgan fingerprint density at radius 2 is 1.70 bits per heavy atom. The van der Waals surface area contributed by atoms with Crippen LogP contribution >= 0.6 is 27.3 Å². The Morgan fingerprint density at radius 1 is 1.00 bits per heavy atom. The minimum absolute atomic E-state index is 0.0198. The van der Waals surface area contributed by atoms with Gasteiger partial charge in [0, 0.05) is 20.1 Å². The number of hydrogen-bond acceptors (Lipinski definition) is 4. The van der Waals surface area contributed by atoms with Crippen LogP contribution in [0.4, 0.5) is 13.2 Å². The van der Waals surface area contributed by atoms with Crippen LogP contribution in [0, 0.1) is 0 Å². The van der Waals surface area contributed by atoms with E-state index in [0.717, 1.165) is 27.9 Å². The Labute approximate surface area is 181 Å². The lowest BCUT2D eigenvalue weighted by Crippen LogP contribution is -2.13. The number of aromatic hydroxyl groups is 1. The molecule has 30 heavy (non-hydrogen) atoms. The van der Waals surface area contributed by atoms with Gasteiger partial charge < -0.3 is 9.84 Å². The van der Waals surface area contributed by atoms with Crippen molar-refractivity contribution in [3.05, 3.63) is 87.2 Å². The molecule has 0 saturated heterocycles. The molecule has 1 aromatic heterocycles. The molecule has 0 unspecified atom stereocenters. The summed E-state index contributed by atoms with van der Waals surface area (Å²) in [5.41, 5.74) is -1.47. The predicted octanol–water partition coefficient (Wildman–Crippen LogP) is 7.41. The molecule has 0 radical (unpaired) electrons. The van der Waals surface area contributed by atoms with E-state index in [9.17, 15) is 23.1 Å². The summed E-state index contributed by atoms with van der Waals surface area (Å²) in [6.45, 7) is 0. The molecular formula is C22H12BrF3O3S. The molecule has 0 bridgehead atoms. The smallest absolute Gasteiger partial charge is 0.417 e. The van der Waals surface area contributed by atoms with Gasteiger partial charge in [0.2, 0.25) is 5.78 Å². The van der Waals surface area contributed by atoms with Crippen LogP contribution in [0.1, 0.15) is 20.8 Å². The quantitative estimate of drug-likeness (QED) is 0.301. The van der Waals surface area contributed by atoms with Crippen LogP contribution in [-0.2, 0) is 6.18 Å². The first kappa shape index (κ1) is 20.4. The monoisotopic (exact) mass is 492 g/mol. The first-order valence-electron chi connectivity index (χ1n) is 8.64. The molecule has 0 atom stereocenters. The molecule has 0 aliphatic rings. The van der Waals surface area contributed by atoms with Crippen molar-refractivity contribution >= 4 is 43.1 Å². The Hall–Kier alpha value is -2.84. The molecule has 0 fully saturated rings. The lowest BCUT2D eigenvalue weighted by molar-refractivity contribution is -0.137. The summed E-state index contributed by atoms with van der Waals surface area (Å²) in [4.78, 5) is 13.2. The molecule has 8 heteroatoms. The summed E-state index contributed by atoms with van der Waals surface area (Å²) in [5, 5.41) is 10.3. The number of fused-ring (bicyclic) bond motifs is 1. The molecule has 4 rings (SSSR count). The fraction of sp³-hybridized carbons (Fsp3) is 0.0455. The third-order valence-corrected chi connectivity index (χ3v) is 6.01. The van der Waals surface area contributed by atoms with Crippen molar-refractivity contribution in [2.75, 3.05) is 0 Å². The first-order valence-corrected chi connectivity index (χ1v) is 10.2. The Morgan fingerprint density at radius 3 is 2.40 bits per heavy atom. The maximum atomic E-state index is 13.4. The van der Waals surface area contributed by atoms with Gasteiger partial charge in [-0.25, -0.2) is 0 Å². The molecule has 4 aromatic rings. The number of thiophene rings is 1. The van der Waals surface area contributed by atoms with Crippen LogP contribution in [-0.4, -0.2) is 10.9 Å². The minimum Gasteiger partial charge on any atom is -0.508 e. The zero-order valence-electron chi connectivity index (χ0n) is 15.0. The zero-order valence-corrected chi connectivity index (χ0v) is 17.4. The first-order chi connectivity index (χ1) is 14.2. The number of carbonyl (C=O) groups is 1. The van der Waals surface area contributed by atoms with E-state index in [1.807, 2.05) is 0 Å². The summed E-state index contributed by atoms with van der Waals surface area (Å²) in [5.74, 6) is -0.243. The van der Waals surface area contributed by atoms with E-state index in [1.54, 1.807) is 30.3 Å². The number of benzene rings is 3. The average Bonchev–Trinajstić information content (AvgIpc) is 3.06. The summed E-state index contributed by atoms with van der Waals surface area (Å²) < 4.78 is 47.6. The molecule has 0 amide bonds. The van der Waals surface area contributed by atoms with Gasteiger partial charge >= 0.3 is 6.18 Å². The fourth-order valence-electron chi connectivity index (χ4n) is 2.98. The third-order valence-electron chi connectivity index (χ3n) is 4.34. The second kappa shape index (κ2) is 7.77. The van der Waals surface area contributed by atoms with Gasteiger partial charge in [-0.2, -0.15) is 13.2 Å². The predicted molar refractivity (Wildman–Crippen MR) is 113 cm³/mol. The van der Waals surface area contributed by atoms with Crippen molar-refractivity contribution in [3.8, 4) is 17.2 Å². The molecule has 3 aromatic carbocycles. The lowest BCUT2D eigenvalue weighted by Gasteiger charge is -2.12. The summed E-state index contributed by atoms with van der Waals surface area (Å²) in [6.07, 6.45) is -4.67. The second-order valence-electron chi connectivity index (χ2n) is 6.37. The number of alkyl halides is 3. The van der Waals surface area contributed by atoms with Gasteiger partial charge in [0.1, 0.15) is 16.4 Å². The molecule has 3 nitrogen and oxygen atoms in total. The molecule has 0 aliphatic heterocycles. The molecule has 0 saturated carbocycles. The van der Waals surface area contributed by atoms with E-state index < -0.39 is 23.1 Å². The second-order valence-corrected chi connectivity index (χ2v) is 8.34. The van der Waals surface area contributed by atoms with Gasteiger partial charge in [-0.15, -0.1) is 11.3 Å². The SMILES string of the molecule is O=C(c1ccccc1C(F)(F)F)c1sc2cc(O)ccc2c1Oc1ccc(Br)cc1. The number of hydrogen-bond donors (Lipinski definition) is 1. The van der Waals surface area contributed by atoms with E-state index in [-0.39, 0.29) is 16.4 Å². The highest BCUT2D eigenvalue weighted by Crippen LogP contribution is 2.44. The third kappa shape index (κ3) is 3.93. The Kier molecular flexibility index (Phi) is 5.29. The Bertz CT molecular complexity index is 1250. The average molecular weight is 493 g/mol. The summed E-state index contributed by atoms with van der Waals surface area (Å²) in [7, 11) is 0. The van der Waals surface area contributed by atoms with Gasteiger partial charge in [0.05, 0.1) is 5.56 Å². The number of phenolic OH excluding ortho intramolecular Hbond substituents is 1. The number of rotatable bonds is 4. The van der Waals surface area contributed by atoms with E-state index in [2.05, 4.69) is 15.9 Å². The van der Waals surface area contributed by atoms with Gasteiger partial charge in [-0.05, 0) is 48.5 Å². The minimum atomic E-state index is -4.67. The fourth-order valence-corrected chi connectivity index (χ4v) is 4.37. The topological polar surface area (TPSA) is 46.5 Å². The van der Waals surface area contributed by atoms with Crippen molar-refractivity contribution in [3.63, 3.8) is 0 Å². The van der Waals surface area contributed by atoms with Crippen molar-refractivity contribution in [2.45, 2.75) is 6.18 Å². The van der Waals surface area contributed by atoms with E-state index in [4.69, 9.17) is 4.74 Å². The normalized spacial score (nSPS) is 11.6. The van der Waals surface area contributed by atoms with Crippen molar-refractivity contribution in [1.29, 1.82) is 0 Å². The number of ketones is 1. The van der Waals surface area contributed by atoms with Gasteiger partial charge in [0.25, 0.3) is 0 Å². The van der Waals surface area contributed by atoms with E-state index in [0.29, 0.717) is 15.8 Å². The molecule has 1 N–H and O–H groups in total. The number of halogens is 4. The van der Waals surface area contributed by atoms with E-state index in [1.165, 1.54) is 24.3 Å². The molecular weight excluding hydrogens is 481 g/mol. The van der Waals surface area contributed by atoms with Crippen molar-refractivity contribution in [2.24, 2.45) is 0 Å². The van der Waals surface area contributed by atoms with E-state index >= 15 is 0 Å². The molecule has 152 valence electrons. The van der Waals surface area contributed by atoms with Gasteiger partial charge in [-0.1, -0.05) is 34.1 Å². The zero-order chi connectivity index (χ0) is 21.5. The van der Waals surface area contributed by atoms with Crippen LogP contribution in [0.25, 0.3) is 10.1 Å². The highest BCUT2D eigenvalue weighted by atomic mass is 79.9. The molecule has 0 spiro atoms. The highest BCUT2D eigenvalue weighted by molar-refractivity contribution is 9.10. The van der Waals surface area contributed by atoms with Crippen LogP contribution in [0.5, 0.6) is 17.2 Å². The summed E-state index contributed by atoms with van der Waals surface area (Å²) in [6, 6.07) is 15.9. The summed E-state index contributed by atoms with van der Waals surface area (Å²) >= 11 is 4.30. The van der Waals surface area contributed by atoms with Gasteiger partial charge in [0.15, 0.2) is 5.75 Å². The number of ether oxygens (including phenoxy) is 1. The van der Waals surface area contributed by atoms with Crippen LogP contribution in [0.2, 0.25) is 0 Å². The Balaban J connectivity index is 1.88. The molecule has 0 aliphatic carbocycles. The standard InChI is InChI=1S/C22H12BrF3O3S/c23-12-5-8-14(9-6-12)29-20-16-10-7-13(27)11-18(16)30-21(20)19(28)15-3-1-2-4-17(15)22(24,25)26/h1-11,27H. The lowest BCUT2D eigenvalue weighted by atomic mass is 10.0. The van der Waals surface area contributed by atoms with Crippen molar-refractivity contribution < 1.29 is 27.8 Å². The van der Waals surface area contributed by atoms with Gasteiger partial charge in [-0.3, -0.25) is 4.79 Å². The maximum absolute atomic E-state index is 13.4. The van der Waals surface area contributed by atoms with Crippen LogP contribution in [0.15, 0.2) is 71.2 Å². The van der Waals surface area contributed by atoms with Crippen LogP contribution in [0.3, 0.4) is 0 Å². The maximum Gasteiger partial charge on any atom is 0.417 e. The largest absolute Gasteiger partial charge is 0.508 e. The van der Waals surface area contributed by atoms with Crippen molar-refractivity contribution in [1.82, 2.24) is 0 Å². The number of phenols is 1. The highest BCUT2D eigenvalue weighted by Gasteiger charge is 2.36. The number of carbonyl (C=O) groups excluding carboxylic acids is 1. The molecule has 1 heterocycles. The van der Waals surface area contributed by atoms with Crippen LogP contribution < -0.4 is 4.74 Å².